The number of rotatable bonds is 6. The van der Waals surface area contributed by atoms with E-state index in [1.54, 1.807) is 24.1 Å². The number of carboxylic acids is 1. The number of aryl methyl sites for hydroxylation is 1. The number of hydrogen-bond acceptors (Lipinski definition) is 4. The van der Waals surface area contributed by atoms with Crippen LogP contribution in [0.15, 0.2) is 28.7 Å². The summed E-state index contributed by atoms with van der Waals surface area (Å²) in [5.74, 6) is -0.152. The van der Waals surface area contributed by atoms with Gasteiger partial charge in [-0.1, -0.05) is 0 Å². The molecule has 1 N–H and O–H groups in total. The molecule has 3 rings (SSSR count). The lowest BCUT2D eigenvalue weighted by Gasteiger charge is -2.40. The summed E-state index contributed by atoms with van der Waals surface area (Å²) in [7, 11) is 1.61. The zero-order chi connectivity index (χ0) is 18.7. The van der Waals surface area contributed by atoms with Crippen molar-refractivity contribution in [2.24, 2.45) is 5.41 Å². The smallest absolute Gasteiger partial charge is 0.311 e. The zero-order valence-electron chi connectivity index (χ0n) is 15.3. The van der Waals surface area contributed by atoms with E-state index in [1.165, 1.54) is 0 Å². The molecule has 1 aliphatic rings. The van der Waals surface area contributed by atoms with Gasteiger partial charge in [-0.2, -0.15) is 0 Å². The molecule has 1 fully saturated rings. The molecule has 6 nitrogen and oxygen atoms in total. The third-order valence-corrected chi connectivity index (χ3v) is 5.21. The minimum Gasteiger partial charge on any atom is -0.481 e. The standard InChI is InChI=1S/C20H25NO5/c1-14-11-16-12-15(5-6-17(16)26-14)18(22)21-9-3-7-20(13-21,19(23)24)8-4-10-25-2/h5-6,11-12H,3-4,7-10,13H2,1-2H3,(H,23,24)/t20-/m0/s1. The van der Waals surface area contributed by atoms with E-state index >= 15 is 0 Å². The molecule has 1 atom stereocenters. The average Bonchev–Trinajstić information content (AvgIpc) is 3.00. The molecule has 1 aromatic heterocycles. The van der Waals surface area contributed by atoms with Crippen LogP contribution in [0.5, 0.6) is 0 Å². The Hall–Kier alpha value is -2.34. The molecule has 0 aliphatic carbocycles. The molecule has 1 saturated heterocycles. The van der Waals surface area contributed by atoms with Crippen molar-refractivity contribution in [3.63, 3.8) is 0 Å². The predicted molar refractivity (Wildman–Crippen MR) is 97.3 cm³/mol. The zero-order valence-corrected chi connectivity index (χ0v) is 15.3. The SMILES string of the molecule is COCCC[C@@]1(C(=O)O)CCCN(C(=O)c2ccc3oc(C)cc3c2)C1. The van der Waals surface area contributed by atoms with Gasteiger partial charge in [0.15, 0.2) is 0 Å². The highest BCUT2D eigenvalue weighted by Gasteiger charge is 2.43. The van der Waals surface area contributed by atoms with Gasteiger partial charge in [0.05, 0.1) is 5.41 Å². The maximum atomic E-state index is 13.0. The van der Waals surface area contributed by atoms with Crippen LogP contribution in [0, 0.1) is 12.3 Å². The van der Waals surface area contributed by atoms with Crippen molar-refractivity contribution in [2.45, 2.75) is 32.6 Å². The van der Waals surface area contributed by atoms with Gasteiger partial charge in [-0.3, -0.25) is 9.59 Å². The van der Waals surface area contributed by atoms with Gasteiger partial charge >= 0.3 is 5.97 Å². The number of methoxy groups -OCH3 is 1. The summed E-state index contributed by atoms with van der Waals surface area (Å²) in [6, 6.07) is 7.25. The first kappa shape index (κ1) is 18.5. The third-order valence-electron chi connectivity index (χ3n) is 5.21. The topological polar surface area (TPSA) is 80.0 Å². The lowest BCUT2D eigenvalue weighted by Crippen LogP contribution is -2.50. The number of amides is 1. The second-order valence-corrected chi connectivity index (χ2v) is 7.12. The molecule has 1 amide bonds. The predicted octanol–water partition coefficient (Wildman–Crippen LogP) is 3.47. The van der Waals surface area contributed by atoms with Crippen molar-refractivity contribution < 1.29 is 23.8 Å². The van der Waals surface area contributed by atoms with Crippen LogP contribution in [0.1, 0.15) is 41.8 Å². The van der Waals surface area contributed by atoms with E-state index < -0.39 is 11.4 Å². The van der Waals surface area contributed by atoms with Crippen LogP contribution in [0.2, 0.25) is 0 Å². The van der Waals surface area contributed by atoms with Gasteiger partial charge < -0.3 is 19.2 Å². The normalized spacial score (nSPS) is 20.5. The molecular formula is C20H25NO5. The van der Waals surface area contributed by atoms with Gasteiger partial charge in [0, 0.05) is 37.8 Å². The second-order valence-electron chi connectivity index (χ2n) is 7.12. The lowest BCUT2D eigenvalue weighted by atomic mass is 9.76. The molecule has 1 aromatic carbocycles. The summed E-state index contributed by atoms with van der Waals surface area (Å²) in [5, 5.41) is 10.7. The molecule has 0 saturated carbocycles. The monoisotopic (exact) mass is 359 g/mol. The molecular weight excluding hydrogens is 334 g/mol. The van der Waals surface area contributed by atoms with Gasteiger partial charge in [-0.05, 0) is 56.9 Å². The Bertz CT molecular complexity index is 812. The number of carbonyl (C=O) groups excluding carboxylic acids is 1. The van der Waals surface area contributed by atoms with E-state index in [2.05, 4.69) is 0 Å². The van der Waals surface area contributed by atoms with Gasteiger partial charge in [-0.25, -0.2) is 0 Å². The fourth-order valence-electron chi connectivity index (χ4n) is 3.84. The van der Waals surface area contributed by atoms with Gasteiger partial charge in [-0.15, -0.1) is 0 Å². The Morgan fingerprint density at radius 3 is 2.88 bits per heavy atom. The largest absolute Gasteiger partial charge is 0.481 e. The van der Waals surface area contributed by atoms with Crippen LogP contribution in [-0.4, -0.2) is 48.7 Å². The molecule has 140 valence electrons. The Labute approximate surface area is 152 Å². The summed E-state index contributed by atoms with van der Waals surface area (Å²) in [4.78, 5) is 26.6. The summed E-state index contributed by atoms with van der Waals surface area (Å²) in [6.45, 7) is 3.22. The quantitative estimate of drug-likeness (QED) is 0.799. The lowest BCUT2D eigenvalue weighted by molar-refractivity contribution is -0.152. The van der Waals surface area contributed by atoms with Crippen molar-refractivity contribution >= 4 is 22.8 Å². The first-order chi connectivity index (χ1) is 12.4. The number of hydrogen-bond donors (Lipinski definition) is 1. The summed E-state index contributed by atoms with van der Waals surface area (Å²) < 4.78 is 10.6. The van der Waals surface area contributed by atoms with Crippen molar-refractivity contribution in [3.05, 3.63) is 35.6 Å². The van der Waals surface area contributed by atoms with Crippen LogP contribution >= 0.6 is 0 Å². The number of fused-ring (bicyclic) bond motifs is 1. The van der Waals surface area contributed by atoms with Crippen LogP contribution in [0.4, 0.5) is 0 Å². The minimum absolute atomic E-state index is 0.122. The molecule has 2 aromatic rings. The third kappa shape index (κ3) is 3.60. The van der Waals surface area contributed by atoms with Crippen molar-refractivity contribution in [2.75, 3.05) is 26.8 Å². The van der Waals surface area contributed by atoms with E-state index in [0.717, 1.165) is 16.7 Å². The second kappa shape index (κ2) is 7.50. The van der Waals surface area contributed by atoms with Crippen molar-refractivity contribution in [1.82, 2.24) is 4.90 Å². The molecule has 6 heteroatoms. The van der Waals surface area contributed by atoms with E-state index in [-0.39, 0.29) is 12.5 Å². The number of benzene rings is 1. The fraction of sp³-hybridized carbons (Fsp3) is 0.500. The molecule has 0 radical (unpaired) electrons. The highest BCUT2D eigenvalue weighted by atomic mass is 16.5. The van der Waals surface area contributed by atoms with Gasteiger partial charge in [0.1, 0.15) is 11.3 Å². The number of aliphatic carboxylic acids is 1. The molecule has 26 heavy (non-hydrogen) atoms. The molecule has 0 bridgehead atoms. The summed E-state index contributed by atoms with van der Waals surface area (Å²) >= 11 is 0. The van der Waals surface area contributed by atoms with E-state index in [0.29, 0.717) is 44.4 Å². The molecule has 0 unspecified atom stereocenters. The summed E-state index contributed by atoms with van der Waals surface area (Å²) in [5.41, 5.74) is 0.427. The maximum Gasteiger partial charge on any atom is 0.311 e. The number of nitrogens with zero attached hydrogens (tertiary/aromatic N) is 1. The Kier molecular flexibility index (Phi) is 5.32. The number of carboxylic acid groups (broad SMARTS) is 1. The van der Waals surface area contributed by atoms with E-state index in [4.69, 9.17) is 9.15 Å². The maximum absolute atomic E-state index is 13.0. The van der Waals surface area contributed by atoms with Crippen LogP contribution in [0.3, 0.4) is 0 Å². The van der Waals surface area contributed by atoms with Gasteiger partial charge in [0.25, 0.3) is 5.91 Å². The number of furan rings is 1. The summed E-state index contributed by atoms with van der Waals surface area (Å²) in [6.07, 6.45) is 2.47. The first-order valence-electron chi connectivity index (χ1n) is 8.97. The van der Waals surface area contributed by atoms with Gasteiger partial charge in [0.2, 0.25) is 0 Å². The van der Waals surface area contributed by atoms with Crippen LogP contribution < -0.4 is 0 Å². The highest BCUT2D eigenvalue weighted by Crippen LogP contribution is 2.36. The molecule has 0 spiro atoms. The number of piperidine rings is 1. The van der Waals surface area contributed by atoms with Crippen molar-refractivity contribution in [1.29, 1.82) is 0 Å². The van der Waals surface area contributed by atoms with E-state index in [1.807, 2.05) is 19.1 Å². The number of ether oxygens (including phenoxy) is 1. The van der Waals surface area contributed by atoms with E-state index in [9.17, 15) is 14.7 Å². The minimum atomic E-state index is -0.886. The first-order valence-corrected chi connectivity index (χ1v) is 8.97. The number of carbonyl (C=O) groups is 2. The fourth-order valence-corrected chi connectivity index (χ4v) is 3.84. The molecule has 2 heterocycles. The average molecular weight is 359 g/mol. The molecule has 1 aliphatic heterocycles. The Morgan fingerprint density at radius 1 is 1.35 bits per heavy atom. The highest BCUT2D eigenvalue weighted by molar-refractivity contribution is 5.98. The van der Waals surface area contributed by atoms with Crippen LogP contribution in [0.25, 0.3) is 11.0 Å². The Balaban J connectivity index is 1.80. The van der Waals surface area contributed by atoms with Crippen LogP contribution in [-0.2, 0) is 9.53 Å². The van der Waals surface area contributed by atoms with Crippen molar-refractivity contribution in [3.8, 4) is 0 Å². The number of likely N-dealkylation sites (tertiary alicyclic amines) is 1. The Morgan fingerprint density at radius 2 is 2.15 bits per heavy atom.